The van der Waals surface area contributed by atoms with E-state index in [1.807, 2.05) is 0 Å². The van der Waals surface area contributed by atoms with Crippen LogP contribution in [-0.2, 0) is 43.0 Å². The lowest BCUT2D eigenvalue weighted by molar-refractivity contribution is -0.181. The number of carboxylic acids is 1. The molecular formula is C35H44N4O12. The monoisotopic (exact) mass is 712 g/mol. The van der Waals surface area contributed by atoms with Gasteiger partial charge >= 0.3 is 29.8 Å². The first-order valence-corrected chi connectivity index (χ1v) is 16.5. The topological polar surface area (TPSA) is 220 Å². The summed E-state index contributed by atoms with van der Waals surface area (Å²) >= 11 is 0. The van der Waals surface area contributed by atoms with Gasteiger partial charge in [-0.1, -0.05) is 13.8 Å². The molecule has 1 aromatic heterocycles. The lowest BCUT2D eigenvalue weighted by atomic mass is 10.0. The summed E-state index contributed by atoms with van der Waals surface area (Å²) < 4.78 is 19.9. The molecule has 0 saturated heterocycles. The van der Waals surface area contributed by atoms with Crippen molar-refractivity contribution in [1.29, 1.82) is 0 Å². The smallest absolute Gasteiger partial charge is 0.347 e. The van der Waals surface area contributed by atoms with E-state index in [1.165, 1.54) is 19.1 Å². The number of ether oxygens (including phenoxy) is 4. The second-order valence-corrected chi connectivity index (χ2v) is 11.8. The number of H-pyrrole nitrogens is 1. The molecule has 0 fully saturated rings. The third-order valence-electron chi connectivity index (χ3n) is 8.04. The zero-order valence-corrected chi connectivity index (χ0v) is 29.7. The van der Waals surface area contributed by atoms with E-state index in [2.05, 4.69) is 39.1 Å². The number of fused-ring (bicyclic) bond motifs is 1. The molecule has 51 heavy (non-hydrogen) atoms. The van der Waals surface area contributed by atoms with Crippen LogP contribution in [0.5, 0.6) is 5.75 Å². The zero-order chi connectivity index (χ0) is 38.0. The van der Waals surface area contributed by atoms with E-state index in [4.69, 9.17) is 19.3 Å². The van der Waals surface area contributed by atoms with Gasteiger partial charge in [0.05, 0.1) is 24.0 Å². The quantitative estimate of drug-likeness (QED) is 0.0803. The third-order valence-corrected chi connectivity index (χ3v) is 8.04. The normalized spacial score (nSPS) is 14.6. The first kappa shape index (κ1) is 39.9. The van der Waals surface area contributed by atoms with Gasteiger partial charge in [0.25, 0.3) is 11.8 Å². The van der Waals surface area contributed by atoms with Gasteiger partial charge in [0, 0.05) is 35.7 Å². The molecule has 0 radical (unpaired) electrons. The van der Waals surface area contributed by atoms with Gasteiger partial charge in [-0.25, -0.2) is 14.4 Å². The number of likely N-dealkylation sites (N-methyl/N-ethyl adjacent to an activating group) is 1. The number of benzene rings is 1. The van der Waals surface area contributed by atoms with Crippen molar-refractivity contribution < 1.29 is 57.6 Å². The van der Waals surface area contributed by atoms with E-state index < -0.39 is 61.0 Å². The van der Waals surface area contributed by atoms with Crippen molar-refractivity contribution >= 4 is 59.0 Å². The molecule has 276 valence electrons. The molecule has 0 spiro atoms. The molecule has 3 rings (SSSR count). The molecule has 16 nitrogen and oxygen atoms in total. The van der Waals surface area contributed by atoms with Crippen LogP contribution >= 0.6 is 0 Å². The minimum absolute atomic E-state index is 0.109. The second-order valence-electron chi connectivity index (χ2n) is 11.8. The number of nitrogens with one attached hydrogen (secondary N) is 3. The van der Waals surface area contributed by atoms with Crippen molar-refractivity contribution in [3.8, 4) is 5.75 Å². The largest absolute Gasteiger partial charge is 0.479 e. The van der Waals surface area contributed by atoms with Crippen LogP contribution in [0.25, 0.3) is 11.6 Å². The predicted molar refractivity (Wildman–Crippen MR) is 182 cm³/mol. The second kappa shape index (κ2) is 17.9. The van der Waals surface area contributed by atoms with Crippen molar-refractivity contribution in [3.63, 3.8) is 0 Å². The summed E-state index contributed by atoms with van der Waals surface area (Å²) in [5.41, 5.74) is 3.61. The van der Waals surface area contributed by atoms with E-state index in [-0.39, 0.29) is 23.1 Å². The summed E-state index contributed by atoms with van der Waals surface area (Å²) in [6.45, 7) is 14.2. The minimum Gasteiger partial charge on any atom is -0.479 e. The average Bonchev–Trinajstić information content (AvgIpc) is 3.54. The fourth-order valence-electron chi connectivity index (χ4n) is 5.06. The fourth-order valence-corrected chi connectivity index (χ4v) is 5.06. The van der Waals surface area contributed by atoms with E-state index in [0.29, 0.717) is 40.3 Å². The maximum atomic E-state index is 13.0. The molecule has 2 amide bonds. The third kappa shape index (κ3) is 10.7. The molecule has 1 aliphatic rings. The van der Waals surface area contributed by atoms with Crippen LogP contribution in [0, 0.1) is 13.8 Å². The number of carbonyl (C=O) groups is 7. The number of aromatic amines is 1. The van der Waals surface area contributed by atoms with Crippen LogP contribution < -0.4 is 15.4 Å². The zero-order valence-electron chi connectivity index (χ0n) is 29.7. The number of amides is 2. The van der Waals surface area contributed by atoms with Gasteiger partial charge in [0.2, 0.25) is 0 Å². The molecule has 0 aliphatic carbocycles. The number of aryl methyl sites for hydroxylation is 1. The molecule has 0 bridgehead atoms. The van der Waals surface area contributed by atoms with Crippen molar-refractivity contribution in [3.05, 3.63) is 46.3 Å². The highest BCUT2D eigenvalue weighted by Crippen LogP contribution is 2.36. The van der Waals surface area contributed by atoms with Crippen LogP contribution in [0.15, 0.2) is 18.2 Å². The first-order chi connectivity index (χ1) is 24.1. The van der Waals surface area contributed by atoms with Crippen LogP contribution in [0.3, 0.4) is 0 Å². The van der Waals surface area contributed by atoms with E-state index in [0.717, 1.165) is 33.5 Å². The number of anilines is 1. The summed E-state index contributed by atoms with van der Waals surface area (Å²) in [4.78, 5) is 91.1. The number of rotatable bonds is 17. The summed E-state index contributed by atoms with van der Waals surface area (Å²) in [6, 6.07) is 4.55. The van der Waals surface area contributed by atoms with Gasteiger partial charge < -0.3 is 44.6 Å². The Hall–Kier alpha value is -5.51. The number of hydrogen-bond donors (Lipinski definition) is 4. The van der Waals surface area contributed by atoms with E-state index in [9.17, 15) is 33.6 Å². The molecule has 0 saturated carbocycles. The number of carbonyl (C=O) groups excluding carboxylic acids is 6. The Kier molecular flexibility index (Phi) is 14.0. The lowest BCUT2D eigenvalue weighted by Crippen LogP contribution is -2.35. The predicted octanol–water partition coefficient (Wildman–Crippen LogP) is 2.76. The Balaban J connectivity index is 1.59. The van der Waals surface area contributed by atoms with E-state index in [1.54, 1.807) is 26.0 Å². The van der Waals surface area contributed by atoms with Gasteiger partial charge in [0.15, 0.2) is 18.3 Å². The van der Waals surface area contributed by atoms with Crippen LogP contribution in [0.2, 0.25) is 0 Å². The molecule has 4 N–H and O–H groups in total. The van der Waals surface area contributed by atoms with Gasteiger partial charge in [-0.3, -0.25) is 19.2 Å². The number of aliphatic carboxylic acids is 1. The maximum Gasteiger partial charge on any atom is 0.347 e. The number of esters is 4. The molecular weight excluding hydrogens is 668 g/mol. The number of nitrogens with zero attached hydrogens (tertiary/aromatic N) is 1. The molecule has 2 aromatic rings. The minimum atomic E-state index is -1.46. The summed E-state index contributed by atoms with van der Waals surface area (Å²) in [5.74, 6) is -5.78. The number of hydrogen-bond acceptors (Lipinski definition) is 12. The van der Waals surface area contributed by atoms with Crippen molar-refractivity contribution in [2.24, 2.45) is 0 Å². The summed E-state index contributed by atoms with van der Waals surface area (Å²) in [5, 5.41) is 14.5. The Bertz CT molecular complexity index is 1710. The van der Waals surface area contributed by atoms with Gasteiger partial charge in [-0.05, 0) is 77.5 Å². The van der Waals surface area contributed by atoms with E-state index >= 15 is 0 Å². The van der Waals surface area contributed by atoms with Crippen LogP contribution in [0.4, 0.5) is 5.69 Å². The standard InChI is InChI=1S/C35H44N4O12/c1-8-39(9-2)15-14-36-32(43)30-18(3)27(37-19(30)4)17-25-24-16-23(10-11-26(24)38-31(25)42)51-29(41)13-12-28(40)48-21(6)34(46)50-22(7)35(47)49-20(5)33(44)45/h10-11,16-17,20-22,37H,8-9,12-15H2,1-7H3,(H,36,43)(H,38,42)(H,44,45)/t20-,21-,22-/m0/s1. The van der Waals surface area contributed by atoms with Gasteiger partial charge in [0.1, 0.15) is 5.75 Å². The highest BCUT2D eigenvalue weighted by atomic mass is 16.6. The Morgan fingerprint density at radius 2 is 1.51 bits per heavy atom. The Labute approximate surface area is 294 Å². The molecule has 0 unspecified atom stereocenters. The SMILES string of the molecule is CCN(CC)CCNC(=O)c1c(C)[nH]c(C=C2C(=O)Nc3ccc(OC(=O)CCC(=O)O[C@@H](C)C(=O)O[C@@H](C)C(=O)O[C@@H](C)C(=O)O)cc32)c1C. The average molecular weight is 713 g/mol. The van der Waals surface area contributed by atoms with Crippen molar-refractivity contribution in [2.45, 2.75) is 79.6 Å². The van der Waals surface area contributed by atoms with Crippen molar-refractivity contribution in [1.82, 2.24) is 15.2 Å². The summed E-state index contributed by atoms with van der Waals surface area (Å²) in [6.07, 6.45) is -3.59. The Morgan fingerprint density at radius 3 is 2.14 bits per heavy atom. The Morgan fingerprint density at radius 1 is 0.902 bits per heavy atom. The fraction of sp³-hybridized carbons (Fsp3) is 0.457. The van der Waals surface area contributed by atoms with Gasteiger partial charge in [-0.2, -0.15) is 0 Å². The molecule has 1 aliphatic heterocycles. The van der Waals surface area contributed by atoms with Crippen LogP contribution in [0.1, 0.15) is 80.3 Å². The molecule has 3 atom stereocenters. The van der Waals surface area contributed by atoms with Crippen molar-refractivity contribution in [2.75, 3.05) is 31.5 Å². The summed E-state index contributed by atoms with van der Waals surface area (Å²) in [7, 11) is 0. The van der Waals surface area contributed by atoms with Gasteiger partial charge in [-0.15, -0.1) is 0 Å². The molecule has 16 heteroatoms. The van der Waals surface area contributed by atoms with Crippen LogP contribution in [-0.4, -0.2) is 101 Å². The highest BCUT2D eigenvalue weighted by Gasteiger charge is 2.29. The molecule has 1 aromatic carbocycles. The molecule has 2 heterocycles. The maximum absolute atomic E-state index is 13.0. The number of aromatic nitrogens is 1. The highest BCUT2D eigenvalue weighted by molar-refractivity contribution is 6.35. The first-order valence-electron chi connectivity index (χ1n) is 16.5. The number of carboxylic acid groups (broad SMARTS) is 1. The lowest BCUT2D eigenvalue weighted by Gasteiger charge is -2.18.